The molecule has 0 spiro atoms. The van der Waals surface area contributed by atoms with E-state index in [2.05, 4.69) is 15.9 Å². The summed E-state index contributed by atoms with van der Waals surface area (Å²) in [4.78, 5) is 10.5. The van der Waals surface area contributed by atoms with Crippen molar-refractivity contribution < 1.29 is 19.0 Å². The van der Waals surface area contributed by atoms with Crippen LogP contribution in [-0.4, -0.2) is 17.7 Å². The quantitative estimate of drug-likeness (QED) is 0.920. The Kier molecular flexibility index (Phi) is 4.08. The van der Waals surface area contributed by atoms with Crippen molar-refractivity contribution in [2.45, 2.75) is 6.92 Å². The molecule has 1 atom stereocenters. The van der Waals surface area contributed by atoms with E-state index in [1.165, 1.54) is 18.2 Å². The average Bonchev–Trinajstić information content (AvgIpc) is 2.15. The monoisotopic (exact) mass is 276 g/mol. The summed E-state index contributed by atoms with van der Waals surface area (Å²) in [5.74, 6) is -1.46. The van der Waals surface area contributed by atoms with Crippen LogP contribution in [0, 0.1) is 11.7 Å². The SMILES string of the molecule is CC(COc1ccc(F)cc1Br)C(=O)O. The zero-order valence-electron chi connectivity index (χ0n) is 8.04. The van der Waals surface area contributed by atoms with Crippen molar-refractivity contribution in [2.75, 3.05) is 6.61 Å². The van der Waals surface area contributed by atoms with Gasteiger partial charge in [-0.05, 0) is 41.1 Å². The lowest BCUT2D eigenvalue weighted by atomic mass is 10.2. The van der Waals surface area contributed by atoms with Crippen LogP contribution < -0.4 is 4.74 Å². The first-order chi connectivity index (χ1) is 7.00. The van der Waals surface area contributed by atoms with Gasteiger partial charge in [-0.15, -0.1) is 0 Å². The fraction of sp³-hybridized carbons (Fsp3) is 0.300. The van der Waals surface area contributed by atoms with E-state index in [0.717, 1.165) is 0 Å². The molecule has 0 amide bonds. The van der Waals surface area contributed by atoms with Gasteiger partial charge < -0.3 is 9.84 Å². The Labute approximate surface area is 95.0 Å². The second-order valence-corrected chi connectivity index (χ2v) is 3.98. The van der Waals surface area contributed by atoms with E-state index in [0.29, 0.717) is 10.2 Å². The molecule has 0 aromatic heterocycles. The molecule has 0 saturated carbocycles. The van der Waals surface area contributed by atoms with E-state index in [1.54, 1.807) is 6.92 Å². The van der Waals surface area contributed by atoms with E-state index in [4.69, 9.17) is 9.84 Å². The Bertz CT molecular complexity index is 368. The van der Waals surface area contributed by atoms with Crippen LogP contribution in [0.4, 0.5) is 4.39 Å². The Morgan fingerprint density at radius 2 is 2.33 bits per heavy atom. The summed E-state index contributed by atoms with van der Waals surface area (Å²) in [5, 5.41) is 8.62. The fourth-order valence-corrected chi connectivity index (χ4v) is 1.34. The molecule has 0 fully saturated rings. The Morgan fingerprint density at radius 3 is 2.87 bits per heavy atom. The van der Waals surface area contributed by atoms with Gasteiger partial charge in [0, 0.05) is 0 Å². The highest BCUT2D eigenvalue weighted by molar-refractivity contribution is 9.10. The van der Waals surface area contributed by atoms with E-state index >= 15 is 0 Å². The lowest BCUT2D eigenvalue weighted by Gasteiger charge is -2.10. The van der Waals surface area contributed by atoms with Crippen LogP contribution in [0.3, 0.4) is 0 Å². The first kappa shape index (κ1) is 12.0. The number of aliphatic carboxylic acids is 1. The minimum Gasteiger partial charge on any atom is -0.492 e. The number of carbonyl (C=O) groups is 1. The van der Waals surface area contributed by atoms with Gasteiger partial charge in [0.05, 0.1) is 10.4 Å². The predicted molar refractivity (Wildman–Crippen MR) is 56.4 cm³/mol. The minimum atomic E-state index is -0.923. The topological polar surface area (TPSA) is 46.5 Å². The largest absolute Gasteiger partial charge is 0.492 e. The summed E-state index contributed by atoms with van der Waals surface area (Å²) < 4.78 is 18.4. The normalized spacial score (nSPS) is 12.2. The third-order valence-corrected chi connectivity index (χ3v) is 2.42. The summed E-state index contributed by atoms with van der Waals surface area (Å²) in [5.41, 5.74) is 0. The molecule has 0 heterocycles. The third-order valence-electron chi connectivity index (χ3n) is 1.80. The van der Waals surface area contributed by atoms with Crippen LogP contribution in [0.1, 0.15) is 6.92 Å². The van der Waals surface area contributed by atoms with Crippen LogP contribution in [0.25, 0.3) is 0 Å². The molecule has 1 unspecified atom stereocenters. The molecule has 82 valence electrons. The van der Waals surface area contributed by atoms with Gasteiger partial charge in [-0.3, -0.25) is 4.79 Å². The molecule has 0 radical (unpaired) electrons. The van der Waals surface area contributed by atoms with E-state index in [1.807, 2.05) is 0 Å². The maximum atomic E-state index is 12.7. The van der Waals surface area contributed by atoms with E-state index in [-0.39, 0.29) is 12.4 Å². The second kappa shape index (κ2) is 5.11. The summed E-state index contributed by atoms with van der Waals surface area (Å²) in [6, 6.07) is 3.97. The maximum Gasteiger partial charge on any atom is 0.309 e. The Balaban J connectivity index is 2.62. The van der Waals surface area contributed by atoms with Crippen molar-refractivity contribution in [2.24, 2.45) is 5.92 Å². The summed E-state index contributed by atoms with van der Waals surface area (Å²) in [6.07, 6.45) is 0. The van der Waals surface area contributed by atoms with E-state index in [9.17, 15) is 9.18 Å². The first-order valence-corrected chi connectivity index (χ1v) is 5.10. The highest BCUT2D eigenvalue weighted by Gasteiger charge is 2.12. The van der Waals surface area contributed by atoms with Crippen molar-refractivity contribution >= 4 is 21.9 Å². The number of rotatable bonds is 4. The van der Waals surface area contributed by atoms with Gasteiger partial charge in [0.25, 0.3) is 0 Å². The van der Waals surface area contributed by atoms with Crippen LogP contribution in [0.15, 0.2) is 22.7 Å². The molecule has 0 aliphatic heterocycles. The van der Waals surface area contributed by atoms with Gasteiger partial charge in [-0.2, -0.15) is 0 Å². The van der Waals surface area contributed by atoms with Crippen molar-refractivity contribution in [1.82, 2.24) is 0 Å². The third kappa shape index (κ3) is 3.51. The molecule has 0 aliphatic rings. The Morgan fingerprint density at radius 1 is 1.67 bits per heavy atom. The second-order valence-electron chi connectivity index (χ2n) is 3.13. The summed E-state index contributed by atoms with van der Waals surface area (Å²) in [6.45, 7) is 1.60. The molecule has 0 bridgehead atoms. The maximum absolute atomic E-state index is 12.7. The molecule has 1 N–H and O–H groups in total. The summed E-state index contributed by atoms with van der Waals surface area (Å²) in [7, 11) is 0. The molecule has 1 aromatic carbocycles. The molecule has 15 heavy (non-hydrogen) atoms. The Hall–Kier alpha value is -1.10. The highest BCUT2D eigenvalue weighted by atomic mass is 79.9. The number of hydrogen-bond donors (Lipinski definition) is 1. The van der Waals surface area contributed by atoms with Crippen molar-refractivity contribution in [3.05, 3.63) is 28.5 Å². The molecule has 0 aliphatic carbocycles. The zero-order chi connectivity index (χ0) is 11.4. The van der Waals surface area contributed by atoms with Crippen molar-refractivity contribution in [1.29, 1.82) is 0 Å². The van der Waals surface area contributed by atoms with Gasteiger partial charge in [0.2, 0.25) is 0 Å². The first-order valence-electron chi connectivity index (χ1n) is 4.31. The predicted octanol–water partition coefficient (Wildman–Crippen LogP) is 2.69. The fourth-order valence-electron chi connectivity index (χ4n) is 0.878. The van der Waals surface area contributed by atoms with Crippen LogP contribution in [0.5, 0.6) is 5.75 Å². The molecule has 1 aromatic rings. The van der Waals surface area contributed by atoms with Crippen LogP contribution >= 0.6 is 15.9 Å². The van der Waals surface area contributed by atoms with Gasteiger partial charge in [-0.1, -0.05) is 0 Å². The number of benzene rings is 1. The number of carboxylic acid groups (broad SMARTS) is 1. The van der Waals surface area contributed by atoms with Crippen LogP contribution in [-0.2, 0) is 4.79 Å². The molecular formula is C10H10BrFO3. The van der Waals surface area contributed by atoms with Crippen molar-refractivity contribution in [3.8, 4) is 5.75 Å². The molecule has 0 saturated heterocycles. The molecule has 3 nitrogen and oxygen atoms in total. The van der Waals surface area contributed by atoms with Crippen molar-refractivity contribution in [3.63, 3.8) is 0 Å². The van der Waals surface area contributed by atoms with Gasteiger partial charge in [0.1, 0.15) is 18.2 Å². The lowest BCUT2D eigenvalue weighted by Crippen LogP contribution is -2.18. The smallest absolute Gasteiger partial charge is 0.309 e. The number of halogens is 2. The number of ether oxygens (including phenoxy) is 1. The summed E-state index contributed by atoms with van der Waals surface area (Å²) >= 11 is 3.12. The number of hydrogen-bond acceptors (Lipinski definition) is 2. The highest BCUT2D eigenvalue weighted by Crippen LogP contribution is 2.25. The molecule has 1 rings (SSSR count). The van der Waals surface area contributed by atoms with Gasteiger partial charge in [-0.25, -0.2) is 4.39 Å². The minimum absolute atomic E-state index is 0.0551. The molecular weight excluding hydrogens is 267 g/mol. The standard InChI is InChI=1S/C10H10BrFO3/c1-6(10(13)14)5-15-9-3-2-7(12)4-8(9)11/h2-4,6H,5H2,1H3,(H,13,14). The average molecular weight is 277 g/mol. The van der Waals surface area contributed by atoms with Crippen LogP contribution in [0.2, 0.25) is 0 Å². The zero-order valence-corrected chi connectivity index (χ0v) is 9.62. The van der Waals surface area contributed by atoms with E-state index < -0.39 is 11.9 Å². The molecule has 5 heteroatoms. The van der Waals surface area contributed by atoms with Gasteiger partial charge >= 0.3 is 5.97 Å². The number of carboxylic acids is 1. The lowest BCUT2D eigenvalue weighted by molar-refractivity contribution is -0.142. The van der Waals surface area contributed by atoms with Gasteiger partial charge in [0.15, 0.2) is 0 Å².